The quantitative estimate of drug-likeness (QED) is 0.155. The second kappa shape index (κ2) is 15.0. The summed E-state index contributed by atoms with van der Waals surface area (Å²) in [5.74, 6) is -3.04. The first-order valence-electron chi connectivity index (χ1n) is 9.87. The van der Waals surface area contributed by atoms with Crippen LogP contribution < -0.4 is 11.1 Å². The van der Waals surface area contributed by atoms with Gasteiger partial charge in [0.05, 0.1) is 31.5 Å². The van der Waals surface area contributed by atoms with E-state index in [1.165, 1.54) is 18.2 Å². The minimum absolute atomic E-state index is 0.00953. The van der Waals surface area contributed by atoms with Crippen LogP contribution in [0.25, 0.3) is 0 Å². The number of nitrogens with two attached hydrogens (primary N) is 1. The monoisotopic (exact) mass is 489 g/mol. The van der Waals surface area contributed by atoms with Crippen LogP contribution in [-0.2, 0) is 27.9 Å². The molecule has 0 radical (unpaired) electrons. The summed E-state index contributed by atoms with van der Waals surface area (Å²) in [6, 6.07) is 7.34. The molecule has 0 aliphatic rings. The molecule has 1 aromatic rings. The summed E-state index contributed by atoms with van der Waals surface area (Å²) >= 11 is 0.981. The zero-order valence-corrected chi connectivity index (χ0v) is 20.0. The Morgan fingerprint density at radius 1 is 1.19 bits per heavy atom. The Hall–Kier alpha value is -1.93. The van der Waals surface area contributed by atoms with Crippen molar-refractivity contribution in [1.29, 1.82) is 5.26 Å². The molecular formula is C20H29FN3O6PS. The summed E-state index contributed by atoms with van der Waals surface area (Å²) in [5.41, 5.74) is 4.87. The largest absolute Gasteiger partial charge is 0.379 e. The van der Waals surface area contributed by atoms with E-state index in [0.29, 0.717) is 13.2 Å². The first-order valence-corrected chi connectivity index (χ1v) is 12.7. The predicted octanol–water partition coefficient (Wildman–Crippen LogP) is 3.30. The smallest absolute Gasteiger partial charge is 0.357 e. The first-order chi connectivity index (χ1) is 15.3. The Balaban J connectivity index is 3.46. The van der Waals surface area contributed by atoms with Gasteiger partial charge in [-0.2, -0.15) is 5.26 Å². The molecule has 1 unspecified atom stereocenters. The number of nitrogens with one attached hydrogen (secondary N) is 1. The van der Waals surface area contributed by atoms with Gasteiger partial charge in [0, 0.05) is 18.8 Å². The second-order valence-corrected chi connectivity index (χ2v) is 8.98. The van der Waals surface area contributed by atoms with Crippen molar-refractivity contribution in [2.24, 2.45) is 5.73 Å². The number of nitrogens with zero attached hydrogens (tertiary/aromatic N) is 1. The van der Waals surface area contributed by atoms with Crippen LogP contribution in [0.4, 0.5) is 4.39 Å². The van der Waals surface area contributed by atoms with E-state index in [1.807, 2.05) is 0 Å². The zero-order valence-electron chi connectivity index (χ0n) is 18.3. The Bertz CT molecular complexity index is 848. The van der Waals surface area contributed by atoms with E-state index in [0.717, 1.165) is 11.8 Å². The number of nitriles is 1. The maximum Gasteiger partial charge on any atom is 0.357 e. The highest BCUT2D eigenvalue weighted by Crippen LogP contribution is 2.60. The average molecular weight is 490 g/mol. The Labute approximate surface area is 192 Å². The second-order valence-electron chi connectivity index (χ2n) is 6.05. The molecule has 1 rings (SSSR count). The van der Waals surface area contributed by atoms with Crippen LogP contribution in [0.3, 0.4) is 0 Å². The lowest BCUT2D eigenvalue weighted by Crippen LogP contribution is -2.27. The molecule has 0 aliphatic carbocycles. The summed E-state index contributed by atoms with van der Waals surface area (Å²) in [5, 5.41) is 12.1. The fourth-order valence-electron chi connectivity index (χ4n) is 2.52. The highest BCUT2D eigenvalue weighted by atomic mass is 32.2. The van der Waals surface area contributed by atoms with E-state index in [4.69, 9.17) is 24.3 Å². The van der Waals surface area contributed by atoms with E-state index in [-0.39, 0.29) is 37.0 Å². The molecule has 1 aromatic carbocycles. The zero-order chi connectivity index (χ0) is 24.0. The molecule has 1 amide bonds. The van der Waals surface area contributed by atoms with Crippen molar-refractivity contribution in [2.45, 2.75) is 19.6 Å². The van der Waals surface area contributed by atoms with Crippen molar-refractivity contribution >= 4 is 25.3 Å². The molecule has 12 heteroatoms. The SMILES string of the molecule is CCOCCOP(=O)(OCCOCC)C(N/C(SC)=C(/C#N)C(N)=O)c1ccccc1F. The lowest BCUT2D eigenvalue weighted by Gasteiger charge is -2.29. The Kier molecular flexibility index (Phi) is 13.2. The highest BCUT2D eigenvalue weighted by Gasteiger charge is 2.40. The number of carbonyl (C=O) groups is 1. The number of ether oxygens (including phenoxy) is 2. The van der Waals surface area contributed by atoms with Gasteiger partial charge in [-0.1, -0.05) is 18.2 Å². The number of benzene rings is 1. The van der Waals surface area contributed by atoms with Gasteiger partial charge in [0.25, 0.3) is 5.91 Å². The van der Waals surface area contributed by atoms with Crippen LogP contribution >= 0.6 is 19.4 Å². The molecule has 9 nitrogen and oxygen atoms in total. The standard InChI is InChI=1S/C20H29FN3O6PS/c1-4-27-10-12-29-31(26,30-13-11-28-5-2)19(15-8-6-7-9-17(15)21)24-20(32-3)16(14-22)18(23)25/h6-9,19,24H,4-5,10-13H2,1-3H3,(H2,23,25)/b20-16+. The van der Waals surface area contributed by atoms with Crippen molar-refractivity contribution in [3.05, 3.63) is 46.2 Å². The molecule has 0 saturated heterocycles. The molecule has 1 atom stereocenters. The van der Waals surface area contributed by atoms with Crippen LogP contribution in [0.2, 0.25) is 0 Å². The van der Waals surface area contributed by atoms with E-state index in [9.17, 15) is 19.0 Å². The van der Waals surface area contributed by atoms with Gasteiger partial charge in [0.2, 0.25) is 0 Å². The van der Waals surface area contributed by atoms with Crippen LogP contribution in [0.1, 0.15) is 25.2 Å². The number of carbonyl (C=O) groups excluding carboxylic acids is 1. The number of rotatable bonds is 16. The van der Waals surface area contributed by atoms with Crippen LogP contribution in [0, 0.1) is 17.1 Å². The molecule has 178 valence electrons. The minimum atomic E-state index is -4.13. The molecule has 0 saturated carbocycles. The van der Waals surface area contributed by atoms with E-state index < -0.39 is 30.7 Å². The molecule has 0 fully saturated rings. The summed E-state index contributed by atoms with van der Waals surface area (Å²) in [7, 11) is -4.13. The van der Waals surface area contributed by atoms with E-state index in [1.54, 1.807) is 32.2 Å². The number of hydrogen-bond acceptors (Lipinski definition) is 9. The number of amides is 1. The summed E-state index contributed by atoms with van der Waals surface area (Å²) in [4.78, 5) is 11.7. The van der Waals surface area contributed by atoms with Crippen LogP contribution in [-0.4, -0.2) is 51.8 Å². The van der Waals surface area contributed by atoms with Gasteiger partial charge in [-0.25, -0.2) is 4.39 Å². The maximum absolute atomic E-state index is 14.8. The Morgan fingerprint density at radius 3 is 2.19 bits per heavy atom. The number of thioether (sulfide) groups is 1. The van der Waals surface area contributed by atoms with Gasteiger partial charge >= 0.3 is 7.60 Å². The normalized spacial score (nSPS) is 13.2. The molecule has 0 bridgehead atoms. The van der Waals surface area contributed by atoms with Crippen molar-refractivity contribution in [1.82, 2.24) is 5.32 Å². The fraction of sp³-hybridized carbons (Fsp3) is 0.500. The number of primary amides is 1. The van der Waals surface area contributed by atoms with Gasteiger partial charge in [0.15, 0.2) is 5.78 Å². The maximum atomic E-state index is 14.8. The molecule has 0 heterocycles. The summed E-state index contributed by atoms with van der Waals surface area (Å²) < 4.78 is 50.3. The van der Waals surface area contributed by atoms with Crippen molar-refractivity contribution < 1.29 is 32.3 Å². The molecule has 32 heavy (non-hydrogen) atoms. The van der Waals surface area contributed by atoms with Gasteiger partial charge < -0.3 is 29.6 Å². The average Bonchev–Trinajstić information content (AvgIpc) is 2.77. The first kappa shape index (κ1) is 28.1. The predicted molar refractivity (Wildman–Crippen MR) is 120 cm³/mol. The van der Waals surface area contributed by atoms with E-state index >= 15 is 0 Å². The van der Waals surface area contributed by atoms with Crippen molar-refractivity contribution in [2.75, 3.05) is 45.9 Å². The molecule has 3 N–H and O–H groups in total. The third-order valence-electron chi connectivity index (χ3n) is 3.98. The van der Waals surface area contributed by atoms with Crippen LogP contribution in [0.5, 0.6) is 0 Å². The van der Waals surface area contributed by atoms with Gasteiger partial charge in [0.1, 0.15) is 17.5 Å². The summed E-state index contributed by atoms with van der Waals surface area (Å²) in [6.45, 7) is 4.53. The minimum Gasteiger partial charge on any atom is -0.379 e. The third-order valence-corrected chi connectivity index (χ3v) is 6.83. The number of halogens is 1. The lowest BCUT2D eigenvalue weighted by atomic mass is 10.2. The van der Waals surface area contributed by atoms with Gasteiger partial charge in [-0.05, 0) is 26.2 Å². The lowest BCUT2D eigenvalue weighted by molar-refractivity contribution is -0.114. The van der Waals surface area contributed by atoms with Crippen LogP contribution in [0.15, 0.2) is 34.9 Å². The number of hydrogen-bond donors (Lipinski definition) is 2. The molecule has 0 spiro atoms. The topological polar surface area (TPSA) is 133 Å². The third kappa shape index (κ3) is 8.54. The molecular weight excluding hydrogens is 460 g/mol. The van der Waals surface area contributed by atoms with E-state index in [2.05, 4.69) is 5.32 Å². The van der Waals surface area contributed by atoms with Crippen molar-refractivity contribution in [3.63, 3.8) is 0 Å². The van der Waals surface area contributed by atoms with Gasteiger partial charge in [-0.3, -0.25) is 9.36 Å². The fourth-order valence-corrected chi connectivity index (χ4v) is 5.06. The molecule has 0 aromatic heterocycles. The summed E-state index contributed by atoms with van der Waals surface area (Å²) in [6.07, 6.45) is 1.58. The van der Waals surface area contributed by atoms with Gasteiger partial charge in [-0.15, -0.1) is 11.8 Å². The Morgan fingerprint density at radius 2 is 1.75 bits per heavy atom. The van der Waals surface area contributed by atoms with Crippen molar-refractivity contribution in [3.8, 4) is 6.07 Å². The highest BCUT2D eigenvalue weighted by molar-refractivity contribution is 8.02. The molecule has 0 aliphatic heterocycles.